The molecule has 4 rings (SSSR count). The quantitative estimate of drug-likeness (QED) is 0.171. The fourth-order valence-corrected chi connectivity index (χ4v) is 12.8. The van der Waals surface area contributed by atoms with Gasteiger partial charge in [0.2, 0.25) is 70.9 Å². The average molecular weight is 1390 g/mol. The van der Waals surface area contributed by atoms with Crippen LogP contribution in [0.15, 0.2) is 18.2 Å². The first-order valence-corrected chi connectivity index (χ1v) is 34.8. The molecule has 1 aromatic carbocycles. The SMILES string of the molecule is CC[C@H](C)[C@@H]1NC(=O)[C@H](CC(C)C)N(C)C(=O)C[C@@H](C(=O)N2CCCCC2)N(C)C(=O)[C@H](CC(C)C)NC(=O)C(C)(C)N(C)C(=O)[C@@H](CC(C)C)NC(=O)[C@H](CCc2ccc(C(F)(F)F)c(F)c2)NC(=O)CN(C)C(=O)[C@H](CC2CCCCC2)N(C)C(=O)CN(C)C(=O)CN(C)C1=O. The minimum atomic E-state index is -5.01. The van der Waals surface area contributed by atoms with Crippen LogP contribution in [0.3, 0.4) is 0 Å². The lowest BCUT2D eigenvalue weighted by molar-refractivity contribution is -0.152. The van der Waals surface area contributed by atoms with E-state index >= 15 is 4.79 Å². The van der Waals surface area contributed by atoms with E-state index in [1.54, 1.807) is 25.7 Å². The minimum absolute atomic E-state index is 0.00973. The first-order chi connectivity index (χ1) is 45.6. The highest BCUT2D eigenvalue weighted by Gasteiger charge is 2.45. The number of piperidine rings is 1. The summed E-state index contributed by atoms with van der Waals surface area (Å²) in [6.45, 7) is 16.1. The molecule has 2 heterocycles. The van der Waals surface area contributed by atoms with Crippen LogP contribution >= 0.6 is 0 Å². The van der Waals surface area contributed by atoms with E-state index in [2.05, 4.69) is 21.3 Å². The maximum atomic E-state index is 15.1. The molecule has 24 nitrogen and oxygen atoms in total. The van der Waals surface area contributed by atoms with Crippen LogP contribution in [-0.4, -0.2) is 240 Å². The molecule has 0 bridgehead atoms. The van der Waals surface area contributed by atoms with Gasteiger partial charge in [0.25, 0.3) is 0 Å². The van der Waals surface area contributed by atoms with Crippen molar-refractivity contribution in [1.82, 2.24) is 60.5 Å². The fourth-order valence-electron chi connectivity index (χ4n) is 12.8. The fraction of sp³-hybridized carbons (Fsp3) is 0.743. The molecular formula is C70H112F4N12O12. The van der Waals surface area contributed by atoms with E-state index in [0.29, 0.717) is 44.5 Å². The van der Waals surface area contributed by atoms with Gasteiger partial charge in [-0.2, -0.15) is 13.2 Å². The van der Waals surface area contributed by atoms with E-state index < -0.39 is 168 Å². The Morgan fingerprint density at radius 1 is 0.582 bits per heavy atom. The van der Waals surface area contributed by atoms with Crippen molar-refractivity contribution in [3.63, 3.8) is 0 Å². The molecule has 8 atom stereocenters. The first kappa shape index (κ1) is 83.0. The number of benzene rings is 1. The number of hydrogen-bond acceptors (Lipinski definition) is 12. The Morgan fingerprint density at radius 3 is 1.67 bits per heavy atom. The molecule has 3 fully saturated rings. The predicted octanol–water partition coefficient (Wildman–Crippen LogP) is 5.38. The van der Waals surface area contributed by atoms with Crippen LogP contribution in [0.25, 0.3) is 0 Å². The van der Waals surface area contributed by atoms with E-state index in [1.165, 1.54) is 73.0 Å². The Labute approximate surface area is 577 Å². The Hall–Kier alpha value is -7.42. The van der Waals surface area contributed by atoms with Crippen LogP contribution in [0.4, 0.5) is 17.6 Å². The van der Waals surface area contributed by atoms with Crippen LogP contribution in [0.2, 0.25) is 0 Å². The van der Waals surface area contributed by atoms with Gasteiger partial charge in [0, 0.05) is 62.4 Å². The molecule has 3 aliphatic rings. The summed E-state index contributed by atoms with van der Waals surface area (Å²) >= 11 is 0. The van der Waals surface area contributed by atoms with Gasteiger partial charge in [0.15, 0.2) is 0 Å². The molecular weight excluding hydrogens is 1280 g/mol. The maximum Gasteiger partial charge on any atom is 0.419 e. The van der Waals surface area contributed by atoms with Gasteiger partial charge >= 0.3 is 6.18 Å². The summed E-state index contributed by atoms with van der Waals surface area (Å²) in [7, 11) is 9.54. The summed E-state index contributed by atoms with van der Waals surface area (Å²) in [5.74, 6) is -11.6. The Morgan fingerprint density at radius 2 is 1.12 bits per heavy atom. The number of amides is 12. The molecule has 2 saturated heterocycles. The highest BCUT2D eigenvalue weighted by Crippen LogP contribution is 2.33. The number of likely N-dealkylation sites (tertiary alicyclic amines) is 1. The van der Waals surface area contributed by atoms with Crippen molar-refractivity contribution in [2.75, 3.05) is 82.1 Å². The van der Waals surface area contributed by atoms with Gasteiger partial charge in [-0.05, 0) is 119 Å². The van der Waals surface area contributed by atoms with Crippen molar-refractivity contribution in [3.05, 3.63) is 35.1 Å². The standard InChI is InChI=1S/C70H112F4N12O12/c1-18-45(8)60-67(97)81(13)40-58(89)79(11)41-59(90)83(15)54(37-46-25-21-19-22-26-46)65(95)80(12)39-56(87)75-50(30-28-47-27-29-48(49(71)36-47)70(72,73)74)61(91)76-52(34-43(4)5)64(94)85(17)69(9,10)68(98)77-51(33-42(2)3)63(93)84(16)55(66(96)86-31-23-20-24-32-86)38-57(88)82(14)53(35-44(6)7)62(92)78-60/h27,29,36,42-46,50-55,60H,18-26,28,30-35,37-41H2,1-17H3,(H,75,87)(H,76,91)(H,77,98)(H,78,92)/t45-,50-,51-,52+,53-,54-,55-,60-/m0/s1. The zero-order chi connectivity index (χ0) is 74.0. The Kier molecular flexibility index (Phi) is 31.5. The maximum absolute atomic E-state index is 15.1. The number of carbonyl (C=O) groups excluding carboxylic acids is 12. The van der Waals surface area contributed by atoms with Crippen molar-refractivity contribution in [2.24, 2.45) is 29.6 Å². The van der Waals surface area contributed by atoms with Crippen molar-refractivity contribution in [2.45, 2.75) is 226 Å². The summed E-state index contributed by atoms with van der Waals surface area (Å²) in [6.07, 6.45) is 0.802. The summed E-state index contributed by atoms with van der Waals surface area (Å²) in [5.41, 5.74) is -3.30. The molecule has 1 aromatic rings. The van der Waals surface area contributed by atoms with Crippen molar-refractivity contribution in [3.8, 4) is 0 Å². The van der Waals surface area contributed by atoms with Crippen LogP contribution < -0.4 is 21.3 Å². The molecule has 1 aliphatic carbocycles. The number of likely N-dealkylation sites (N-methyl/N-ethyl adjacent to an activating group) is 7. The number of nitrogens with zero attached hydrogens (tertiary/aromatic N) is 8. The van der Waals surface area contributed by atoms with Gasteiger partial charge in [-0.3, -0.25) is 57.5 Å². The third-order valence-corrected chi connectivity index (χ3v) is 19.6. The van der Waals surface area contributed by atoms with Crippen LogP contribution in [0, 0.1) is 35.4 Å². The second kappa shape index (κ2) is 37.1. The lowest BCUT2D eigenvalue weighted by atomic mass is 9.84. The molecule has 28 heteroatoms. The normalized spacial score (nSPS) is 24.9. The second-order valence-corrected chi connectivity index (χ2v) is 29.2. The van der Waals surface area contributed by atoms with Gasteiger partial charge in [-0.1, -0.05) is 100.0 Å². The second-order valence-electron chi connectivity index (χ2n) is 29.2. The van der Waals surface area contributed by atoms with E-state index in [-0.39, 0.29) is 67.8 Å². The zero-order valence-corrected chi connectivity index (χ0v) is 61.0. The number of nitrogens with one attached hydrogen (secondary N) is 4. The zero-order valence-electron chi connectivity index (χ0n) is 61.0. The van der Waals surface area contributed by atoms with Crippen molar-refractivity contribution < 1.29 is 75.1 Å². The number of carbonyl (C=O) groups is 12. The Balaban J connectivity index is 1.89. The number of halogens is 4. The summed E-state index contributed by atoms with van der Waals surface area (Å²) < 4.78 is 56.0. The summed E-state index contributed by atoms with van der Waals surface area (Å²) in [4.78, 5) is 186. The van der Waals surface area contributed by atoms with Crippen molar-refractivity contribution >= 4 is 70.9 Å². The van der Waals surface area contributed by atoms with E-state index in [1.807, 2.05) is 34.6 Å². The molecule has 1 saturated carbocycles. The first-order valence-electron chi connectivity index (χ1n) is 34.8. The van der Waals surface area contributed by atoms with Crippen LogP contribution in [0.5, 0.6) is 0 Å². The van der Waals surface area contributed by atoms with Gasteiger partial charge in [0.05, 0.1) is 31.6 Å². The largest absolute Gasteiger partial charge is 0.419 e. The monoisotopic (exact) mass is 1390 g/mol. The lowest BCUT2D eigenvalue weighted by Gasteiger charge is -2.39. The van der Waals surface area contributed by atoms with Gasteiger partial charge in [0.1, 0.15) is 53.6 Å². The number of rotatable bonds is 14. The van der Waals surface area contributed by atoms with Gasteiger partial charge in [-0.25, -0.2) is 4.39 Å². The van der Waals surface area contributed by atoms with E-state index in [9.17, 15) is 70.3 Å². The third-order valence-electron chi connectivity index (χ3n) is 19.6. The number of alkyl halides is 3. The minimum Gasteiger partial charge on any atom is -0.343 e. The third kappa shape index (κ3) is 23.4. The van der Waals surface area contributed by atoms with Crippen molar-refractivity contribution in [1.29, 1.82) is 0 Å². The summed E-state index contributed by atoms with van der Waals surface area (Å²) in [5, 5.41) is 11.0. The molecule has 2 aliphatic heterocycles. The molecule has 12 amide bonds. The van der Waals surface area contributed by atoms with E-state index in [4.69, 9.17) is 0 Å². The highest BCUT2D eigenvalue weighted by molar-refractivity contribution is 6.00. The summed E-state index contributed by atoms with van der Waals surface area (Å²) in [6, 6.07) is -7.14. The topological polar surface area (TPSA) is 279 Å². The molecule has 4 N–H and O–H groups in total. The molecule has 0 radical (unpaired) electrons. The molecule has 552 valence electrons. The van der Waals surface area contributed by atoms with Gasteiger partial charge < -0.3 is 60.5 Å². The highest BCUT2D eigenvalue weighted by atomic mass is 19.4. The van der Waals surface area contributed by atoms with Gasteiger partial charge in [-0.15, -0.1) is 0 Å². The van der Waals surface area contributed by atoms with Crippen LogP contribution in [0.1, 0.15) is 177 Å². The Bertz CT molecular complexity index is 2970. The van der Waals surface area contributed by atoms with E-state index in [0.717, 1.165) is 69.1 Å². The average Bonchev–Trinajstić information content (AvgIpc) is 0.819. The smallest absolute Gasteiger partial charge is 0.343 e. The lowest BCUT2D eigenvalue weighted by Crippen LogP contribution is -2.63. The number of aryl methyl sites for hydroxylation is 1. The van der Waals surface area contributed by atoms with Crippen LogP contribution in [-0.2, 0) is 70.1 Å². The molecule has 0 spiro atoms. The molecule has 98 heavy (non-hydrogen) atoms. The molecule has 0 unspecified atom stereocenters. The molecule has 0 aromatic heterocycles. The predicted molar refractivity (Wildman–Crippen MR) is 361 cm³/mol. The number of hydrogen-bond donors (Lipinski definition) is 4.